The predicted molar refractivity (Wildman–Crippen MR) is 109 cm³/mol. The Balaban J connectivity index is 0.000000197. The van der Waals surface area contributed by atoms with E-state index in [1.807, 2.05) is 12.1 Å². The van der Waals surface area contributed by atoms with Crippen molar-refractivity contribution >= 4 is 5.71 Å². The van der Waals surface area contributed by atoms with Crippen LogP contribution in [-0.2, 0) is 13.1 Å². The molecule has 0 bridgehead atoms. The lowest BCUT2D eigenvalue weighted by Gasteiger charge is -2.26. The number of likely N-dealkylation sites (tertiary alicyclic amines) is 1. The first-order valence-corrected chi connectivity index (χ1v) is 9.52. The Labute approximate surface area is 157 Å². The van der Waals surface area contributed by atoms with E-state index in [0.717, 1.165) is 44.7 Å². The smallest absolute Gasteiger partial charge is 0.0596 e. The maximum atomic E-state index is 8.48. The summed E-state index contributed by atoms with van der Waals surface area (Å²) in [6, 6.07) is 20.9. The van der Waals surface area contributed by atoms with Crippen molar-refractivity contribution in [3.8, 4) is 0 Å². The van der Waals surface area contributed by atoms with Gasteiger partial charge in [0, 0.05) is 39.0 Å². The Kier molecular flexibility index (Phi) is 9.47. The summed E-state index contributed by atoms with van der Waals surface area (Å²) in [7, 11) is 0. The van der Waals surface area contributed by atoms with Gasteiger partial charge in [-0.25, -0.2) is 0 Å². The molecular formula is C22H31N3O. The summed E-state index contributed by atoms with van der Waals surface area (Å²) in [6.45, 7) is 7.35. The second-order valence-electron chi connectivity index (χ2n) is 6.58. The third kappa shape index (κ3) is 7.81. The van der Waals surface area contributed by atoms with E-state index < -0.39 is 0 Å². The summed E-state index contributed by atoms with van der Waals surface area (Å²) in [5, 5.41) is 15.1. The second kappa shape index (κ2) is 12.2. The van der Waals surface area contributed by atoms with Crippen molar-refractivity contribution in [2.75, 3.05) is 19.6 Å². The van der Waals surface area contributed by atoms with E-state index in [9.17, 15) is 0 Å². The molecule has 0 amide bonds. The molecule has 1 fully saturated rings. The van der Waals surface area contributed by atoms with Gasteiger partial charge < -0.3 is 15.4 Å². The lowest BCUT2D eigenvalue weighted by molar-refractivity contribution is 0.263. The summed E-state index contributed by atoms with van der Waals surface area (Å²) in [4.78, 5) is 2.41. The van der Waals surface area contributed by atoms with Gasteiger partial charge in [0.15, 0.2) is 0 Å². The molecule has 0 radical (unpaired) electrons. The minimum atomic E-state index is 0.926. The third-order valence-electron chi connectivity index (χ3n) is 4.46. The highest BCUT2D eigenvalue weighted by molar-refractivity contribution is 5.84. The number of hydrogen-bond donors (Lipinski definition) is 2. The van der Waals surface area contributed by atoms with E-state index in [4.69, 9.17) is 5.21 Å². The largest absolute Gasteiger partial charge is 0.411 e. The van der Waals surface area contributed by atoms with Gasteiger partial charge in [-0.2, -0.15) is 0 Å². The van der Waals surface area contributed by atoms with Crippen molar-refractivity contribution < 1.29 is 5.21 Å². The topological polar surface area (TPSA) is 47.9 Å². The minimum absolute atomic E-state index is 0.926. The quantitative estimate of drug-likeness (QED) is 0.601. The van der Waals surface area contributed by atoms with E-state index in [0.29, 0.717) is 0 Å². The number of piperidine rings is 1. The number of hydrogen-bond acceptors (Lipinski definition) is 4. The van der Waals surface area contributed by atoms with Crippen LogP contribution in [0.25, 0.3) is 0 Å². The lowest BCUT2D eigenvalue weighted by atomic mass is 10.1. The summed E-state index contributed by atoms with van der Waals surface area (Å²) in [6.07, 6.45) is 3.10. The van der Waals surface area contributed by atoms with Crippen LogP contribution in [0.3, 0.4) is 0 Å². The van der Waals surface area contributed by atoms with Crippen LogP contribution in [0.15, 0.2) is 65.8 Å². The van der Waals surface area contributed by atoms with Crippen LogP contribution in [0.5, 0.6) is 0 Å². The standard InChI is InChI=1S/C14H15N.C8H16N2O/c1-3-7-13(8-4-1)11-15-12-14-9-5-2-6-10-14;1-2-5-10-6-3-8(9-11)4-7-10/h1-10,15H,11-12H2;11H,2-7H2,1H3. The fourth-order valence-electron chi connectivity index (χ4n) is 2.99. The number of oxime groups is 1. The van der Waals surface area contributed by atoms with Crippen molar-refractivity contribution in [3.63, 3.8) is 0 Å². The Hall–Kier alpha value is -2.17. The van der Waals surface area contributed by atoms with Gasteiger partial charge in [-0.3, -0.25) is 0 Å². The van der Waals surface area contributed by atoms with Crippen molar-refractivity contribution in [1.29, 1.82) is 0 Å². The molecule has 4 nitrogen and oxygen atoms in total. The Morgan fingerprint density at radius 3 is 1.81 bits per heavy atom. The molecule has 0 saturated carbocycles. The molecule has 1 aliphatic heterocycles. The average Bonchev–Trinajstić information content (AvgIpc) is 2.71. The first-order valence-electron chi connectivity index (χ1n) is 9.52. The van der Waals surface area contributed by atoms with E-state index >= 15 is 0 Å². The molecule has 0 atom stereocenters. The summed E-state index contributed by atoms with van der Waals surface area (Å²) in [5.74, 6) is 0. The molecule has 4 heteroatoms. The molecule has 1 saturated heterocycles. The van der Waals surface area contributed by atoms with Crippen LogP contribution < -0.4 is 5.32 Å². The normalized spacial score (nSPS) is 14.4. The Morgan fingerprint density at radius 2 is 1.38 bits per heavy atom. The molecule has 2 aromatic rings. The molecule has 2 aromatic carbocycles. The van der Waals surface area contributed by atoms with E-state index in [2.05, 4.69) is 70.8 Å². The maximum Gasteiger partial charge on any atom is 0.0596 e. The van der Waals surface area contributed by atoms with Crippen LogP contribution in [-0.4, -0.2) is 35.5 Å². The zero-order chi connectivity index (χ0) is 18.5. The highest BCUT2D eigenvalue weighted by Crippen LogP contribution is 2.07. The molecule has 1 heterocycles. The van der Waals surface area contributed by atoms with Gasteiger partial charge in [0.25, 0.3) is 0 Å². The number of benzene rings is 2. The summed E-state index contributed by atoms with van der Waals surface area (Å²) < 4.78 is 0. The van der Waals surface area contributed by atoms with Gasteiger partial charge in [0.05, 0.1) is 5.71 Å². The first-order chi connectivity index (χ1) is 12.8. The number of nitrogens with one attached hydrogen (secondary N) is 1. The second-order valence-corrected chi connectivity index (χ2v) is 6.58. The Bertz CT molecular complexity index is 579. The van der Waals surface area contributed by atoms with Gasteiger partial charge in [0.2, 0.25) is 0 Å². The molecule has 0 unspecified atom stereocenters. The van der Waals surface area contributed by atoms with Crippen LogP contribution in [0, 0.1) is 0 Å². The van der Waals surface area contributed by atoms with Gasteiger partial charge in [0.1, 0.15) is 0 Å². The van der Waals surface area contributed by atoms with Gasteiger partial charge in [-0.05, 0) is 24.1 Å². The van der Waals surface area contributed by atoms with Gasteiger partial charge >= 0.3 is 0 Å². The zero-order valence-corrected chi connectivity index (χ0v) is 15.8. The van der Waals surface area contributed by atoms with Crippen LogP contribution in [0.4, 0.5) is 0 Å². The molecular weight excluding hydrogens is 322 g/mol. The molecule has 0 aromatic heterocycles. The molecule has 140 valence electrons. The Morgan fingerprint density at radius 1 is 0.885 bits per heavy atom. The monoisotopic (exact) mass is 353 g/mol. The average molecular weight is 354 g/mol. The van der Waals surface area contributed by atoms with Crippen molar-refractivity contribution in [3.05, 3.63) is 71.8 Å². The molecule has 2 N–H and O–H groups in total. The molecule has 1 aliphatic rings. The van der Waals surface area contributed by atoms with E-state index in [1.54, 1.807) is 0 Å². The third-order valence-corrected chi connectivity index (χ3v) is 4.46. The first kappa shape index (κ1) is 20.1. The van der Waals surface area contributed by atoms with Crippen molar-refractivity contribution in [2.45, 2.75) is 39.3 Å². The maximum absolute atomic E-state index is 8.48. The fourth-order valence-corrected chi connectivity index (χ4v) is 2.99. The van der Waals surface area contributed by atoms with Crippen molar-refractivity contribution in [1.82, 2.24) is 10.2 Å². The van der Waals surface area contributed by atoms with Crippen molar-refractivity contribution in [2.24, 2.45) is 5.16 Å². The number of rotatable bonds is 6. The zero-order valence-electron chi connectivity index (χ0n) is 15.8. The van der Waals surface area contributed by atoms with Gasteiger partial charge in [-0.15, -0.1) is 0 Å². The SMILES string of the molecule is CCCN1CCC(=NO)CC1.c1ccc(CNCc2ccccc2)cc1. The lowest BCUT2D eigenvalue weighted by Crippen LogP contribution is -2.34. The van der Waals surface area contributed by atoms with Crippen LogP contribution in [0.1, 0.15) is 37.3 Å². The molecule has 26 heavy (non-hydrogen) atoms. The van der Waals surface area contributed by atoms with Crippen LogP contribution in [0.2, 0.25) is 0 Å². The van der Waals surface area contributed by atoms with Gasteiger partial charge in [-0.1, -0.05) is 72.7 Å². The predicted octanol–water partition coefficient (Wildman–Crippen LogP) is 4.30. The van der Waals surface area contributed by atoms with Crippen LogP contribution >= 0.6 is 0 Å². The fraction of sp³-hybridized carbons (Fsp3) is 0.409. The van der Waals surface area contributed by atoms with E-state index in [-0.39, 0.29) is 0 Å². The number of nitrogens with zero attached hydrogens (tertiary/aromatic N) is 2. The molecule has 0 aliphatic carbocycles. The summed E-state index contributed by atoms with van der Waals surface area (Å²) in [5.41, 5.74) is 3.61. The van der Waals surface area contributed by atoms with E-state index in [1.165, 1.54) is 24.1 Å². The summed E-state index contributed by atoms with van der Waals surface area (Å²) >= 11 is 0. The highest BCUT2D eigenvalue weighted by Gasteiger charge is 2.13. The molecule has 3 rings (SSSR count). The minimum Gasteiger partial charge on any atom is -0.411 e. The molecule has 0 spiro atoms. The highest BCUT2D eigenvalue weighted by atomic mass is 16.4.